The summed E-state index contributed by atoms with van der Waals surface area (Å²) in [7, 11) is 0. The second kappa shape index (κ2) is 8.99. The molecule has 4 rings (SSSR count). The molecule has 2 heterocycles. The van der Waals surface area contributed by atoms with E-state index in [-0.39, 0.29) is 23.0 Å². The lowest BCUT2D eigenvalue weighted by Crippen LogP contribution is -2.25. The van der Waals surface area contributed by atoms with Gasteiger partial charge in [-0.2, -0.15) is 0 Å². The Morgan fingerprint density at radius 3 is 2.62 bits per heavy atom. The van der Waals surface area contributed by atoms with E-state index in [1.165, 1.54) is 16.0 Å². The average molecular weight is 411 g/mol. The van der Waals surface area contributed by atoms with Crippen LogP contribution in [0.15, 0.2) is 47.5 Å². The normalized spacial score (nSPS) is 23.3. The van der Waals surface area contributed by atoms with Crippen LogP contribution in [0.4, 0.5) is 5.82 Å². The van der Waals surface area contributed by atoms with Crippen LogP contribution in [0.25, 0.3) is 0 Å². The molecular formula is C23H26N2O3S. The van der Waals surface area contributed by atoms with Crippen molar-refractivity contribution < 1.29 is 14.3 Å². The number of aromatic nitrogens is 1. The third kappa shape index (κ3) is 4.64. The number of hydrogen-bond acceptors (Lipinski definition) is 5. The summed E-state index contributed by atoms with van der Waals surface area (Å²) in [5, 5.41) is 2.85. The lowest BCUT2D eigenvalue weighted by Gasteiger charge is -2.27. The van der Waals surface area contributed by atoms with Gasteiger partial charge in [-0.15, -0.1) is 11.8 Å². The average Bonchev–Trinajstić information content (AvgIpc) is 3.19. The summed E-state index contributed by atoms with van der Waals surface area (Å²) in [4.78, 5) is 30.2. The Hall–Kier alpha value is -2.34. The number of amides is 1. The maximum absolute atomic E-state index is 12.6. The molecule has 1 fully saturated rings. The summed E-state index contributed by atoms with van der Waals surface area (Å²) < 4.78 is 5.14. The lowest BCUT2D eigenvalue weighted by atomic mass is 9.79. The number of fused-ring (bicyclic) bond motifs is 1. The third-order valence-electron chi connectivity index (χ3n) is 5.80. The second-order valence-electron chi connectivity index (χ2n) is 7.68. The molecule has 0 bridgehead atoms. The van der Waals surface area contributed by atoms with Crippen molar-refractivity contribution in [3.05, 3.63) is 53.7 Å². The van der Waals surface area contributed by atoms with Gasteiger partial charge in [0.05, 0.1) is 17.8 Å². The maximum Gasteiger partial charge on any atom is 0.308 e. The van der Waals surface area contributed by atoms with Gasteiger partial charge < -0.3 is 10.1 Å². The van der Waals surface area contributed by atoms with E-state index in [9.17, 15) is 9.59 Å². The van der Waals surface area contributed by atoms with Crippen LogP contribution in [0.5, 0.6) is 0 Å². The molecule has 1 aliphatic heterocycles. The zero-order chi connectivity index (χ0) is 20.2. The van der Waals surface area contributed by atoms with Gasteiger partial charge in [-0.1, -0.05) is 24.3 Å². The molecule has 1 amide bonds. The fraction of sp³-hybridized carbons (Fsp3) is 0.435. The highest BCUT2D eigenvalue weighted by Crippen LogP contribution is 2.38. The van der Waals surface area contributed by atoms with Crippen molar-refractivity contribution >= 4 is 29.5 Å². The van der Waals surface area contributed by atoms with Crippen molar-refractivity contribution in [3.63, 3.8) is 0 Å². The van der Waals surface area contributed by atoms with Crippen LogP contribution >= 0.6 is 11.8 Å². The number of anilines is 1. The molecule has 1 aliphatic carbocycles. The van der Waals surface area contributed by atoms with Crippen LogP contribution in [0, 0.1) is 5.92 Å². The van der Waals surface area contributed by atoms with E-state index < -0.39 is 0 Å². The van der Waals surface area contributed by atoms with E-state index in [1.807, 2.05) is 31.3 Å². The van der Waals surface area contributed by atoms with E-state index in [2.05, 4.69) is 28.5 Å². The molecule has 1 N–H and O–H groups in total. The van der Waals surface area contributed by atoms with E-state index in [1.54, 1.807) is 11.8 Å². The number of esters is 1. The van der Waals surface area contributed by atoms with Gasteiger partial charge in [0.2, 0.25) is 5.91 Å². The quantitative estimate of drug-likeness (QED) is 0.731. The van der Waals surface area contributed by atoms with Gasteiger partial charge >= 0.3 is 5.97 Å². The van der Waals surface area contributed by atoms with Crippen molar-refractivity contribution in [3.8, 4) is 0 Å². The second-order valence-corrected chi connectivity index (χ2v) is 8.93. The zero-order valence-electron chi connectivity index (χ0n) is 16.6. The number of carbonyl (C=O) groups is 2. The van der Waals surface area contributed by atoms with Gasteiger partial charge in [0, 0.05) is 11.1 Å². The van der Waals surface area contributed by atoms with Crippen molar-refractivity contribution in [1.29, 1.82) is 0 Å². The highest BCUT2D eigenvalue weighted by Gasteiger charge is 2.29. The molecule has 1 saturated carbocycles. The first-order valence-electron chi connectivity index (χ1n) is 10.3. The van der Waals surface area contributed by atoms with E-state index >= 15 is 0 Å². The van der Waals surface area contributed by atoms with Crippen molar-refractivity contribution in [1.82, 2.24) is 4.98 Å². The van der Waals surface area contributed by atoms with Crippen molar-refractivity contribution in [2.75, 3.05) is 11.9 Å². The van der Waals surface area contributed by atoms with E-state index in [0.717, 1.165) is 32.1 Å². The predicted octanol–water partition coefficient (Wildman–Crippen LogP) is 4.57. The monoisotopic (exact) mass is 410 g/mol. The molecule has 0 saturated heterocycles. The van der Waals surface area contributed by atoms with Crippen molar-refractivity contribution in [2.45, 2.75) is 55.1 Å². The number of nitrogens with zero attached hydrogens (tertiary/aromatic N) is 1. The summed E-state index contributed by atoms with van der Waals surface area (Å²) in [6, 6.07) is 12.1. The van der Waals surface area contributed by atoms with E-state index in [4.69, 9.17) is 4.74 Å². The van der Waals surface area contributed by atoms with Gasteiger partial charge in [0.25, 0.3) is 0 Å². The summed E-state index contributed by atoms with van der Waals surface area (Å²) >= 11 is 1.62. The fourth-order valence-corrected chi connectivity index (χ4v) is 5.37. The molecule has 1 aromatic carbocycles. The molecule has 6 heteroatoms. The molecular weight excluding hydrogens is 384 g/mol. The first-order valence-corrected chi connectivity index (χ1v) is 11.2. The third-order valence-corrected chi connectivity index (χ3v) is 7.11. The Morgan fingerprint density at radius 1 is 1.14 bits per heavy atom. The Bertz CT molecular complexity index is 851. The standard InChI is InChI=1S/C23H26N2O3S/c1-2-28-23(27)16-9-7-15(8-10-16)18-11-12-21(24-14-18)25-22(26)20-13-17-5-3-4-6-19(17)29-20/h3-6,11-12,14-16,20H,2,7-10,13H2,1H3,(H,24,25,26)/t15-,16-,20?. The highest BCUT2D eigenvalue weighted by molar-refractivity contribution is 8.01. The molecule has 0 radical (unpaired) electrons. The summed E-state index contributed by atoms with van der Waals surface area (Å²) in [5.74, 6) is 0.981. The van der Waals surface area contributed by atoms with Crippen LogP contribution in [0.2, 0.25) is 0 Å². The Labute approximate surface area is 175 Å². The van der Waals surface area contributed by atoms with Gasteiger partial charge in [-0.25, -0.2) is 4.98 Å². The van der Waals surface area contributed by atoms with Crippen LogP contribution in [0.1, 0.15) is 49.7 Å². The van der Waals surface area contributed by atoms with Crippen molar-refractivity contribution in [2.24, 2.45) is 5.92 Å². The van der Waals surface area contributed by atoms with Crippen LogP contribution < -0.4 is 5.32 Å². The van der Waals surface area contributed by atoms with Crippen LogP contribution in [-0.4, -0.2) is 28.7 Å². The van der Waals surface area contributed by atoms with Gasteiger partial charge in [-0.05, 0) is 68.2 Å². The fourth-order valence-electron chi connectivity index (χ4n) is 4.18. The van der Waals surface area contributed by atoms with Crippen LogP contribution in [0.3, 0.4) is 0 Å². The Kier molecular flexibility index (Phi) is 6.19. The number of carbonyl (C=O) groups excluding carboxylic acids is 2. The first kappa shape index (κ1) is 20.0. The molecule has 2 aliphatic rings. The van der Waals surface area contributed by atoms with E-state index in [0.29, 0.717) is 18.3 Å². The van der Waals surface area contributed by atoms with Crippen LogP contribution in [-0.2, 0) is 20.7 Å². The summed E-state index contributed by atoms with van der Waals surface area (Å²) in [5.41, 5.74) is 2.41. The lowest BCUT2D eigenvalue weighted by molar-refractivity contribution is -0.149. The topological polar surface area (TPSA) is 68.3 Å². The molecule has 5 nitrogen and oxygen atoms in total. The number of benzene rings is 1. The molecule has 29 heavy (non-hydrogen) atoms. The summed E-state index contributed by atoms with van der Waals surface area (Å²) in [6.07, 6.45) is 6.28. The predicted molar refractivity (Wildman–Crippen MR) is 114 cm³/mol. The number of nitrogens with one attached hydrogen (secondary N) is 1. The summed E-state index contributed by atoms with van der Waals surface area (Å²) in [6.45, 7) is 2.29. The number of hydrogen-bond donors (Lipinski definition) is 1. The minimum absolute atomic E-state index is 0.00129. The molecule has 152 valence electrons. The van der Waals surface area contributed by atoms with Gasteiger partial charge in [-0.3, -0.25) is 9.59 Å². The molecule has 1 unspecified atom stereocenters. The Balaban J connectivity index is 1.30. The molecule has 1 aromatic heterocycles. The number of rotatable bonds is 5. The number of ether oxygens (including phenoxy) is 1. The maximum atomic E-state index is 12.6. The van der Waals surface area contributed by atoms with Gasteiger partial charge in [0.1, 0.15) is 5.82 Å². The smallest absolute Gasteiger partial charge is 0.308 e. The minimum Gasteiger partial charge on any atom is -0.466 e. The Morgan fingerprint density at radius 2 is 1.93 bits per heavy atom. The number of pyridine rings is 1. The largest absolute Gasteiger partial charge is 0.466 e. The van der Waals surface area contributed by atoms with Gasteiger partial charge in [0.15, 0.2) is 0 Å². The first-order chi connectivity index (χ1) is 14.1. The molecule has 0 spiro atoms. The SMILES string of the molecule is CCOC(=O)[C@H]1CC[C@H](c2ccc(NC(=O)C3Cc4ccccc4S3)nc2)CC1. The zero-order valence-corrected chi connectivity index (χ0v) is 17.4. The minimum atomic E-state index is -0.105. The number of thioether (sulfide) groups is 1. The highest BCUT2D eigenvalue weighted by atomic mass is 32.2. The molecule has 1 atom stereocenters. The molecule has 2 aromatic rings.